The van der Waals surface area contributed by atoms with Crippen LogP contribution in [0.3, 0.4) is 0 Å². The van der Waals surface area contributed by atoms with Crippen molar-refractivity contribution in [2.24, 2.45) is 46.3 Å². The summed E-state index contributed by atoms with van der Waals surface area (Å²) >= 11 is 0. The van der Waals surface area contributed by atoms with E-state index in [0.717, 1.165) is 35.5 Å². The molecule has 6 rings (SSSR count). The highest BCUT2D eigenvalue weighted by Gasteiger charge is 2.59. The lowest BCUT2D eigenvalue weighted by Gasteiger charge is -2.63. The molecular formula is C30H41NO3. The molecule has 2 aromatic rings. The molecular weight excluding hydrogens is 422 g/mol. The van der Waals surface area contributed by atoms with E-state index >= 15 is 0 Å². The number of fused-ring (bicyclic) bond motifs is 6. The molecule has 1 aromatic heterocycles. The van der Waals surface area contributed by atoms with Gasteiger partial charge in [0.05, 0.1) is 5.39 Å². The highest BCUT2D eigenvalue weighted by Crippen LogP contribution is 2.66. The Hall–Kier alpha value is -1.84. The van der Waals surface area contributed by atoms with Gasteiger partial charge in [0.2, 0.25) is 0 Å². The van der Waals surface area contributed by atoms with E-state index < -0.39 is 0 Å². The molecule has 0 saturated heterocycles. The van der Waals surface area contributed by atoms with Gasteiger partial charge in [-0.05, 0) is 109 Å². The Balaban J connectivity index is 1.19. The summed E-state index contributed by atoms with van der Waals surface area (Å²) in [4.78, 5) is 13.6. The summed E-state index contributed by atoms with van der Waals surface area (Å²) in [6.07, 6.45) is 13.1. The number of rotatable bonds is 4. The van der Waals surface area contributed by atoms with Gasteiger partial charge in [0.1, 0.15) is 6.61 Å². The molecule has 34 heavy (non-hydrogen) atoms. The van der Waals surface area contributed by atoms with Crippen molar-refractivity contribution in [2.75, 3.05) is 6.61 Å². The third-order valence-electron chi connectivity index (χ3n) is 11.3. The van der Waals surface area contributed by atoms with Crippen molar-refractivity contribution in [2.45, 2.75) is 85.0 Å². The average Bonchev–Trinajstić information content (AvgIpc) is 3.25. The van der Waals surface area contributed by atoms with Gasteiger partial charge in [-0.2, -0.15) is 0 Å². The predicted molar refractivity (Wildman–Crippen MR) is 134 cm³/mol. The van der Waals surface area contributed by atoms with E-state index in [-0.39, 0.29) is 23.7 Å². The number of aromatic nitrogens is 1. The minimum absolute atomic E-state index is 0.106. The van der Waals surface area contributed by atoms with E-state index in [1.165, 1.54) is 57.8 Å². The van der Waals surface area contributed by atoms with E-state index in [1.807, 2.05) is 24.3 Å². The monoisotopic (exact) mass is 463 g/mol. The second-order valence-corrected chi connectivity index (χ2v) is 12.8. The van der Waals surface area contributed by atoms with Crippen LogP contribution in [0.1, 0.15) is 85.0 Å². The van der Waals surface area contributed by atoms with Crippen LogP contribution in [0.15, 0.2) is 28.8 Å². The second-order valence-electron chi connectivity index (χ2n) is 12.8. The topological polar surface area (TPSA) is 52.3 Å². The van der Waals surface area contributed by atoms with Gasteiger partial charge in [-0.1, -0.05) is 45.7 Å². The number of carbonyl (C=O) groups excluding carboxylic acids is 1. The molecule has 4 fully saturated rings. The van der Waals surface area contributed by atoms with Crippen LogP contribution in [-0.4, -0.2) is 17.5 Å². The summed E-state index contributed by atoms with van der Waals surface area (Å²) in [5.41, 5.74) is 1.36. The molecule has 1 aromatic carbocycles. The number of ketones is 1. The third kappa shape index (κ3) is 3.45. The predicted octanol–water partition coefficient (Wildman–Crippen LogP) is 7.46. The van der Waals surface area contributed by atoms with Gasteiger partial charge < -0.3 is 9.26 Å². The fourth-order valence-electron chi connectivity index (χ4n) is 9.40. The first-order valence-corrected chi connectivity index (χ1v) is 13.9. The molecule has 184 valence electrons. The normalized spacial score (nSPS) is 41.9. The molecule has 1 heterocycles. The summed E-state index contributed by atoms with van der Waals surface area (Å²) in [5, 5.41) is 4.91. The summed E-state index contributed by atoms with van der Waals surface area (Å²) in [6, 6.07) is 7.68. The van der Waals surface area contributed by atoms with Gasteiger partial charge in [-0.25, -0.2) is 0 Å². The Morgan fingerprint density at radius 2 is 1.82 bits per heavy atom. The van der Waals surface area contributed by atoms with Crippen LogP contribution >= 0.6 is 0 Å². The van der Waals surface area contributed by atoms with E-state index in [4.69, 9.17) is 9.26 Å². The van der Waals surface area contributed by atoms with Crippen LogP contribution in [0.2, 0.25) is 0 Å². The molecule has 4 aliphatic carbocycles. The fourth-order valence-corrected chi connectivity index (χ4v) is 9.40. The van der Waals surface area contributed by atoms with Crippen LogP contribution in [0.5, 0.6) is 5.88 Å². The Bertz CT molecular complexity index is 1060. The van der Waals surface area contributed by atoms with Crippen molar-refractivity contribution in [3.05, 3.63) is 24.3 Å². The standard InChI is InChI=1S/C30H41NO3/c1-19-13-15-29(2)20(17-19)11-12-21-23-8-6-9-25(30(23,3)16-14-24(21)29)26(32)18-33-28-22-7-4-5-10-27(22)34-31-28/h4-5,7,10,19-21,23-25H,6,8-9,11-18H2,1-3H3/t19-,20-,21-,23-,24?,25+,29-,30-/m0/s1. The number of benzene rings is 1. The van der Waals surface area contributed by atoms with Gasteiger partial charge in [-0.15, -0.1) is 0 Å². The van der Waals surface area contributed by atoms with E-state index in [0.29, 0.717) is 22.8 Å². The molecule has 4 heteroatoms. The SMILES string of the molecule is C[C@H]1CC[C@]2(C)C3CC[C@]4(C)[C@@H](C(=O)COc5noc6ccccc56)CCC[C@H]4[C@@H]3CC[C@H]2C1. The molecule has 0 bridgehead atoms. The number of hydrogen-bond donors (Lipinski definition) is 0. The first-order chi connectivity index (χ1) is 16.4. The van der Waals surface area contributed by atoms with Gasteiger partial charge in [0.25, 0.3) is 5.88 Å². The maximum Gasteiger partial charge on any atom is 0.262 e. The molecule has 4 saturated carbocycles. The molecule has 8 atom stereocenters. The van der Waals surface area contributed by atoms with E-state index in [9.17, 15) is 4.79 Å². The number of Topliss-reactive ketones (excluding diaryl/α,β-unsaturated/α-hetero) is 1. The first kappa shape index (κ1) is 22.6. The van der Waals surface area contributed by atoms with Crippen molar-refractivity contribution >= 4 is 16.8 Å². The van der Waals surface area contributed by atoms with Gasteiger partial charge in [-0.3, -0.25) is 4.79 Å². The zero-order chi connectivity index (χ0) is 23.5. The zero-order valence-corrected chi connectivity index (χ0v) is 21.2. The maximum atomic E-state index is 13.6. The number of ether oxygens (including phenoxy) is 1. The number of carbonyl (C=O) groups is 1. The largest absolute Gasteiger partial charge is 0.467 e. The first-order valence-electron chi connectivity index (χ1n) is 13.9. The average molecular weight is 464 g/mol. The fraction of sp³-hybridized carbons (Fsp3) is 0.733. The summed E-state index contributed by atoms with van der Waals surface area (Å²) < 4.78 is 11.3. The molecule has 4 aliphatic rings. The zero-order valence-electron chi connectivity index (χ0n) is 21.2. The van der Waals surface area contributed by atoms with E-state index in [1.54, 1.807) is 0 Å². The minimum atomic E-state index is 0.106. The van der Waals surface area contributed by atoms with Gasteiger partial charge in [0, 0.05) is 5.92 Å². The lowest BCUT2D eigenvalue weighted by Crippen LogP contribution is -2.57. The molecule has 0 spiro atoms. The Morgan fingerprint density at radius 3 is 2.71 bits per heavy atom. The Kier molecular flexibility index (Phi) is 5.57. The molecule has 1 unspecified atom stereocenters. The van der Waals surface area contributed by atoms with Crippen molar-refractivity contribution < 1.29 is 14.1 Å². The highest BCUT2D eigenvalue weighted by molar-refractivity contribution is 5.85. The molecule has 0 aliphatic heterocycles. The Morgan fingerprint density at radius 1 is 1.03 bits per heavy atom. The van der Waals surface area contributed by atoms with Crippen LogP contribution in [0.4, 0.5) is 0 Å². The molecule has 0 N–H and O–H groups in total. The van der Waals surface area contributed by atoms with Crippen LogP contribution in [0.25, 0.3) is 11.0 Å². The van der Waals surface area contributed by atoms with Gasteiger partial charge >= 0.3 is 0 Å². The summed E-state index contributed by atoms with van der Waals surface area (Å²) in [7, 11) is 0. The highest BCUT2D eigenvalue weighted by atomic mass is 16.5. The number of para-hydroxylation sites is 1. The third-order valence-corrected chi connectivity index (χ3v) is 11.3. The lowest BCUT2D eigenvalue weighted by molar-refractivity contribution is -0.158. The van der Waals surface area contributed by atoms with E-state index in [2.05, 4.69) is 25.9 Å². The molecule has 0 radical (unpaired) electrons. The van der Waals surface area contributed by atoms with Crippen LogP contribution in [0, 0.1) is 46.3 Å². The quantitative estimate of drug-likeness (QED) is 0.472. The van der Waals surface area contributed by atoms with Gasteiger partial charge in [0.15, 0.2) is 11.4 Å². The van der Waals surface area contributed by atoms with Crippen molar-refractivity contribution in [1.29, 1.82) is 0 Å². The van der Waals surface area contributed by atoms with Crippen molar-refractivity contribution in [3.63, 3.8) is 0 Å². The maximum absolute atomic E-state index is 13.6. The summed E-state index contributed by atoms with van der Waals surface area (Å²) in [6.45, 7) is 7.67. The van der Waals surface area contributed by atoms with Crippen molar-refractivity contribution in [1.82, 2.24) is 5.16 Å². The molecule has 0 amide bonds. The smallest absolute Gasteiger partial charge is 0.262 e. The summed E-state index contributed by atoms with van der Waals surface area (Å²) in [5.74, 6) is 5.02. The minimum Gasteiger partial charge on any atom is -0.467 e. The Labute approximate surface area is 204 Å². The van der Waals surface area contributed by atoms with Crippen LogP contribution < -0.4 is 4.74 Å². The molecule has 4 nitrogen and oxygen atoms in total. The number of hydrogen-bond acceptors (Lipinski definition) is 4. The lowest BCUT2D eigenvalue weighted by atomic mass is 9.41. The van der Waals surface area contributed by atoms with Crippen molar-refractivity contribution in [3.8, 4) is 5.88 Å². The second kappa shape index (κ2) is 8.38. The van der Waals surface area contributed by atoms with Crippen LogP contribution in [-0.2, 0) is 4.79 Å². The number of nitrogens with zero attached hydrogens (tertiary/aromatic N) is 1.